The van der Waals surface area contributed by atoms with Gasteiger partial charge < -0.3 is 5.43 Å². The molecule has 2 heterocycles. The largest absolute Gasteiger partial charge is 0.308 e. The average molecular weight is 284 g/mol. The van der Waals surface area contributed by atoms with E-state index < -0.39 is 0 Å². The summed E-state index contributed by atoms with van der Waals surface area (Å²) in [5.74, 6) is 8.03. The van der Waals surface area contributed by atoms with Crippen LogP contribution in [0.1, 0.15) is 25.8 Å². The van der Waals surface area contributed by atoms with E-state index in [1.165, 1.54) is 30.5 Å². The second kappa shape index (κ2) is 6.00. The molecule has 0 spiro atoms. The van der Waals surface area contributed by atoms with Crippen molar-refractivity contribution in [2.75, 3.05) is 18.5 Å². The summed E-state index contributed by atoms with van der Waals surface area (Å²) in [6.45, 7) is 7.89. The standard InChI is InChI=1S/C17H24N4/c1-12(2)14-7-8-21(10-14)11-15-9-13-5-3-4-6-16(13)19-17(15)20-18/h3-6,9,12,14H,7-8,10-11,18H2,1-2H3,(H,19,20). The zero-order chi connectivity index (χ0) is 14.8. The minimum Gasteiger partial charge on any atom is -0.308 e. The predicted octanol–water partition coefficient (Wildman–Crippen LogP) is 3.00. The molecular weight excluding hydrogens is 260 g/mol. The molecule has 0 amide bonds. The summed E-state index contributed by atoms with van der Waals surface area (Å²) in [6.07, 6.45) is 1.30. The number of hydrogen-bond donors (Lipinski definition) is 2. The van der Waals surface area contributed by atoms with E-state index >= 15 is 0 Å². The van der Waals surface area contributed by atoms with E-state index in [1.54, 1.807) is 0 Å². The number of anilines is 1. The van der Waals surface area contributed by atoms with Crippen molar-refractivity contribution in [3.8, 4) is 0 Å². The van der Waals surface area contributed by atoms with Crippen molar-refractivity contribution in [1.82, 2.24) is 9.88 Å². The molecule has 1 aliphatic rings. The van der Waals surface area contributed by atoms with Crippen LogP contribution in [0.4, 0.5) is 5.82 Å². The second-order valence-corrected chi connectivity index (χ2v) is 6.36. The number of hydrogen-bond acceptors (Lipinski definition) is 4. The van der Waals surface area contributed by atoms with E-state index in [0.29, 0.717) is 0 Å². The molecule has 1 aliphatic heterocycles. The van der Waals surface area contributed by atoms with Gasteiger partial charge in [0.15, 0.2) is 0 Å². The Bertz CT molecular complexity index is 623. The Labute approximate surface area is 126 Å². The van der Waals surface area contributed by atoms with Gasteiger partial charge in [0.05, 0.1) is 5.52 Å². The summed E-state index contributed by atoms with van der Waals surface area (Å²) in [7, 11) is 0. The lowest BCUT2D eigenvalue weighted by molar-refractivity contribution is 0.297. The number of nitrogens with one attached hydrogen (secondary N) is 1. The minimum atomic E-state index is 0.761. The highest BCUT2D eigenvalue weighted by molar-refractivity contribution is 5.81. The van der Waals surface area contributed by atoms with Crippen LogP contribution < -0.4 is 11.3 Å². The fourth-order valence-electron chi connectivity index (χ4n) is 3.20. The van der Waals surface area contributed by atoms with Gasteiger partial charge in [0, 0.05) is 24.0 Å². The van der Waals surface area contributed by atoms with Gasteiger partial charge in [-0.05, 0) is 36.9 Å². The van der Waals surface area contributed by atoms with Gasteiger partial charge in [-0.25, -0.2) is 10.8 Å². The third-order valence-electron chi connectivity index (χ3n) is 4.59. The van der Waals surface area contributed by atoms with Gasteiger partial charge in [0.2, 0.25) is 0 Å². The van der Waals surface area contributed by atoms with Crippen LogP contribution in [0.2, 0.25) is 0 Å². The number of nitrogen functional groups attached to an aromatic ring is 1. The number of benzene rings is 1. The summed E-state index contributed by atoms with van der Waals surface area (Å²) in [5, 5.41) is 1.17. The fraction of sp³-hybridized carbons (Fsp3) is 0.471. The molecule has 1 saturated heterocycles. The van der Waals surface area contributed by atoms with Crippen LogP contribution in [-0.2, 0) is 6.54 Å². The Morgan fingerprint density at radius 3 is 2.90 bits per heavy atom. The molecule has 0 radical (unpaired) electrons. The van der Waals surface area contributed by atoms with E-state index in [2.05, 4.69) is 41.3 Å². The quantitative estimate of drug-likeness (QED) is 0.669. The first-order chi connectivity index (χ1) is 10.2. The van der Waals surface area contributed by atoms with Gasteiger partial charge in [-0.3, -0.25) is 4.90 Å². The molecule has 1 fully saturated rings. The van der Waals surface area contributed by atoms with E-state index in [0.717, 1.165) is 29.7 Å². The number of nitrogens with zero attached hydrogens (tertiary/aromatic N) is 2. The van der Waals surface area contributed by atoms with E-state index in [-0.39, 0.29) is 0 Å². The van der Waals surface area contributed by atoms with Gasteiger partial charge in [-0.2, -0.15) is 0 Å². The van der Waals surface area contributed by atoms with Crippen LogP contribution in [0.15, 0.2) is 30.3 Å². The lowest BCUT2D eigenvalue weighted by Crippen LogP contribution is -2.23. The number of pyridine rings is 1. The van der Waals surface area contributed by atoms with Gasteiger partial charge in [0.25, 0.3) is 0 Å². The lowest BCUT2D eigenvalue weighted by atomic mass is 9.95. The average Bonchev–Trinajstić information content (AvgIpc) is 2.95. The smallest absolute Gasteiger partial charge is 0.145 e. The Hall–Kier alpha value is -1.65. The summed E-state index contributed by atoms with van der Waals surface area (Å²) < 4.78 is 0. The van der Waals surface area contributed by atoms with Crippen LogP contribution in [0.5, 0.6) is 0 Å². The molecular formula is C17H24N4. The lowest BCUT2D eigenvalue weighted by Gasteiger charge is -2.19. The minimum absolute atomic E-state index is 0.761. The number of rotatable bonds is 4. The van der Waals surface area contributed by atoms with Crippen LogP contribution in [0.25, 0.3) is 10.9 Å². The highest BCUT2D eigenvalue weighted by Crippen LogP contribution is 2.27. The van der Waals surface area contributed by atoms with Crippen molar-refractivity contribution in [3.05, 3.63) is 35.9 Å². The zero-order valence-corrected chi connectivity index (χ0v) is 12.8. The number of nitrogens with two attached hydrogens (primary N) is 1. The van der Waals surface area contributed by atoms with Crippen molar-refractivity contribution in [2.24, 2.45) is 17.7 Å². The number of para-hydroxylation sites is 1. The number of likely N-dealkylation sites (tertiary alicyclic amines) is 1. The first-order valence-corrected chi connectivity index (χ1v) is 7.75. The van der Waals surface area contributed by atoms with Crippen LogP contribution in [-0.4, -0.2) is 23.0 Å². The predicted molar refractivity (Wildman–Crippen MR) is 87.8 cm³/mol. The molecule has 2 aromatic rings. The van der Waals surface area contributed by atoms with Crippen LogP contribution >= 0.6 is 0 Å². The molecule has 0 saturated carbocycles. The molecule has 3 N–H and O–H groups in total. The Balaban J connectivity index is 1.83. The molecule has 4 heteroatoms. The highest BCUT2D eigenvalue weighted by Gasteiger charge is 2.25. The van der Waals surface area contributed by atoms with E-state index in [9.17, 15) is 0 Å². The summed E-state index contributed by atoms with van der Waals surface area (Å²) in [5.41, 5.74) is 4.92. The Kier molecular flexibility index (Phi) is 4.08. The normalized spacial score (nSPS) is 19.5. The molecule has 1 aromatic heterocycles. The van der Waals surface area contributed by atoms with Crippen LogP contribution in [0, 0.1) is 11.8 Å². The third-order valence-corrected chi connectivity index (χ3v) is 4.59. The monoisotopic (exact) mass is 284 g/mol. The van der Waals surface area contributed by atoms with Gasteiger partial charge in [-0.1, -0.05) is 32.0 Å². The van der Waals surface area contributed by atoms with Crippen molar-refractivity contribution >= 4 is 16.7 Å². The van der Waals surface area contributed by atoms with Crippen LogP contribution in [0.3, 0.4) is 0 Å². The maximum atomic E-state index is 5.66. The van der Waals surface area contributed by atoms with Crippen molar-refractivity contribution in [3.63, 3.8) is 0 Å². The molecule has 3 rings (SSSR count). The SMILES string of the molecule is CC(C)C1CCN(Cc2cc3ccccc3nc2NN)C1. The maximum absolute atomic E-state index is 5.66. The van der Waals surface area contributed by atoms with E-state index in [4.69, 9.17) is 5.84 Å². The molecule has 1 unspecified atom stereocenters. The fourth-order valence-corrected chi connectivity index (χ4v) is 3.20. The topological polar surface area (TPSA) is 54.2 Å². The summed E-state index contributed by atoms with van der Waals surface area (Å²) in [4.78, 5) is 7.14. The Morgan fingerprint density at radius 1 is 1.38 bits per heavy atom. The summed E-state index contributed by atoms with van der Waals surface area (Å²) in [6, 6.07) is 10.4. The molecule has 112 valence electrons. The van der Waals surface area contributed by atoms with Gasteiger partial charge in [0.1, 0.15) is 5.82 Å². The third kappa shape index (κ3) is 3.01. The number of fused-ring (bicyclic) bond motifs is 1. The maximum Gasteiger partial charge on any atom is 0.145 e. The first kappa shape index (κ1) is 14.3. The summed E-state index contributed by atoms with van der Waals surface area (Å²) >= 11 is 0. The molecule has 1 aromatic carbocycles. The van der Waals surface area contributed by atoms with Crippen molar-refractivity contribution < 1.29 is 0 Å². The van der Waals surface area contributed by atoms with Crippen molar-refractivity contribution in [2.45, 2.75) is 26.8 Å². The first-order valence-electron chi connectivity index (χ1n) is 7.75. The number of hydrazine groups is 1. The molecule has 21 heavy (non-hydrogen) atoms. The second-order valence-electron chi connectivity index (χ2n) is 6.36. The number of aromatic nitrogens is 1. The van der Waals surface area contributed by atoms with Crippen molar-refractivity contribution in [1.29, 1.82) is 0 Å². The molecule has 0 bridgehead atoms. The van der Waals surface area contributed by atoms with Gasteiger partial charge >= 0.3 is 0 Å². The van der Waals surface area contributed by atoms with Gasteiger partial charge in [-0.15, -0.1) is 0 Å². The molecule has 1 atom stereocenters. The zero-order valence-electron chi connectivity index (χ0n) is 12.8. The Morgan fingerprint density at radius 2 is 2.19 bits per heavy atom. The molecule has 4 nitrogen and oxygen atoms in total. The highest BCUT2D eigenvalue weighted by atomic mass is 15.3. The van der Waals surface area contributed by atoms with E-state index in [1.807, 2.05) is 18.2 Å². The molecule has 0 aliphatic carbocycles.